The van der Waals surface area contributed by atoms with Crippen LogP contribution in [0.25, 0.3) is 0 Å². The van der Waals surface area contributed by atoms with Gasteiger partial charge in [-0.2, -0.15) is 0 Å². The van der Waals surface area contributed by atoms with Crippen LogP contribution in [0, 0.1) is 0 Å². The Morgan fingerprint density at radius 3 is 2.45 bits per heavy atom. The van der Waals surface area contributed by atoms with E-state index in [0.717, 1.165) is 30.8 Å². The summed E-state index contributed by atoms with van der Waals surface area (Å²) in [5.74, 6) is 0. The van der Waals surface area contributed by atoms with Crippen LogP contribution in [0.4, 0.5) is 0 Å². The Kier molecular flexibility index (Phi) is 5.68. The molecule has 3 nitrogen and oxygen atoms in total. The zero-order valence-electron chi connectivity index (χ0n) is 13.4. The number of nitrogens with zero attached hydrogens (tertiary/aromatic N) is 1. The van der Waals surface area contributed by atoms with Crippen LogP contribution in [-0.2, 0) is 6.54 Å². The van der Waals surface area contributed by atoms with Gasteiger partial charge in [0.15, 0.2) is 5.11 Å². The highest BCUT2D eigenvalue weighted by atomic mass is 32.1. The SMILES string of the molecule is S=C(NCc1ccccc1)N1CC[NH+](C2CCCCC2)CC1. The molecular formula is C18H28N3S+. The second-order valence-electron chi connectivity index (χ2n) is 6.62. The average molecular weight is 319 g/mol. The monoisotopic (exact) mass is 318 g/mol. The summed E-state index contributed by atoms with van der Waals surface area (Å²) in [7, 11) is 0. The molecule has 2 fully saturated rings. The van der Waals surface area contributed by atoms with Gasteiger partial charge in [-0.1, -0.05) is 36.8 Å². The third-order valence-corrected chi connectivity index (χ3v) is 5.56. The van der Waals surface area contributed by atoms with E-state index in [2.05, 4.69) is 40.5 Å². The minimum Gasteiger partial charge on any atom is -0.358 e. The van der Waals surface area contributed by atoms with Crippen LogP contribution < -0.4 is 10.2 Å². The highest BCUT2D eigenvalue weighted by Crippen LogP contribution is 2.15. The van der Waals surface area contributed by atoms with Crippen molar-refractivity contribution in [3.63, 3.8) is 0 Å². The summed E-state index contributed by atoms with van der Waals surface area (Å²) in [5, 5.41) is 4.33. The summed E-state index contributed by atoms with van der Waals surface area (Å²) in [5.41, 5.74) is 1.29. The summed E-state index contributed by atoms with van der Waals surface area (Å²) in [6, 6.07) is 11.4. The molecule has 1 aliphatic heterocycles. The van der Waals surface area contributed by atoms with Gasteiger partial charge in [0.05, 0.1) is 32.2 Å². The van der Waals surface area contributed by atoms with Crippen molar-refractivity contribution in [1.82, 2.24) is 10.2 Å². The number of rotatable bonds is 3. The quantitative estimate of drug-likeness (QED) is 0.826. The van der Waals surface area contributed by atoms with Gasteiger partial charge in [0.25, 0.3) is 0 Å². The first-order valence-corrected chi connectivity index (χ1v) is 9.15. The van der Waals surface area contributed by atoms with Gasteiger partial charge < -0.3 is 15.1 Å². The number of hydrogen-bond donors (Lipinski definition) is 2. The molecule has 1 aromatic rings. The van der Waals surface area contributed by atoms with Gasteiger partial charge in [0, 0.05) is 6.54 Å². The second-order valence-corrected chi connectivity index (χ2v) is 7.01. The number of quaternary nitrogens is 1. The molecule has 1 heterocycles. The van der Waals surface area contributed by atoms with Crippen molar-refractivity contribution in [2.24, 2.45) is 0 Å². The largest absolute Gasteiger partial charge is 0.358 e. The third-order valence-electron chi connectivity index (χ3n) is 5.16. The molecule has 0 atom stereocenters. The van der Waals surface area contributed by atoms with Crippen LogP contribution in [0.1, 0.15) is 37.7 Å². The molecule has 0 bridgehead atoms. The molecule has 22 heavy (non-hydrogen) atoms. The molecule has 1 saturated heterocycles. The predicted octanol–water partition coefficient (Wildman–Crippen LogP) is 1.59. The fraction of sp³-hybridized carbons (Fsp3) is 0.611. The van der Waals surface area contributed by atoms with Crippen LogP contribution in [0.2, 0.25) is 0 Å². The second kappa shape index (κ2) is 7.93. The van der Waals surface area contributed by atoms with Crippen molar-refractivity contribution in [2.45, 2.75) is 44.7 Å². The zero-order valence-corrected chi connectivity index (χ0v) is 14.2. The lowest BCUT2D eigenvalue weighted by atomic mass is 9.94. The van der Waals surface area contributed by atoms with E-state index < -0.39 is 0 Å². The zero-order chi connectivity index (χ0) is 15.2. The third kappa shape index (κ3) is 4.20. The van der Waals surface area contributed by atoms with Gasteiger partial charge in [0.2, 0.25) is 0 Å². The number of piperazine rings is 1. The van der Waals surface area contributed by atoms with E-state index in [9.17, 15) is 0 Å². The first-order chi connectivity index (χ1) is 10.8. The molecule has 1 aliphatic carbocycles. The van der Waals surface area contributed by atoms with E-state index in [-0.39, 0.29) is 0 Å². The smallest absolute Gasteiger partial charge is 0.169 e. The fourth-order valence-corrected chi connectivity index (χ4v) is 4.06. The Bertz CT molecular complexity index is 462. The molecule has 0 aromatic heterocycles. The van der Waals surface area contributed by atoms with E-state index in [4.69, 9.17) is 12.2 Å². The lowest BCUT2D eigenvalue weighted by Crippen LogP contribution is -3.18. The van der Waals surface area contributed by atoms with E-state index in [0.29, 0.717) is 0 Å². The maximum absolute atomic E-state index is 5.57. The molecule has 0 unspecified atom stereocenters. The standard InChI is InChI=1S/C18H27N3S/c22-18(19-15-16-7-3-1-4-8-16)21-13-11-20(12-14-21)17-9-5-2-6-10-17/h1,3-4,7-8,17H,2,5-6,9-15H2,(H,19,22)/p+1. The van der Waals surface area contributed by atoms with Crippen LogP contribution >= 0.6 is 12.2 Å². The van der Waals surface area contributed by atoms with E-state index in [1.807, 2.05) is 4.90 Å². The maximum atomic E-state index is 5.57. The van der Waals surface area contributed by atoms with Crippen molar-refractivity contribution in [2.75, 3.05) is 26.2 Å². The van der Waals surface area contributed by atoms with Gasteiger partial charge in [-0.3, -0.25) is 0 Å². The molecule has 2 aliphatic rings. The van der Waals surface area contributed by atoms with Crippen molar-refractivity contribution in [3.05, 3.63) is 35.9 Å². The molecule has 1 aromatic carbocycles. The highest BCUT2D eigenvalue weighted by Gasteiger charge is 2.29. The molecule has 2 N–H and O–H groups in total. The Morgan fingerprint density at radius 1 is 1.09 bits per heavy atom. The molecule has 0 spiro atoms. The maximum Gasteiger partial charge on any atom is 0.169 e. The fourth-order valence-electron chi connectivity index (χ4n) is 3.80. The topological polar surface area (TPSA) is 19.7 Å². The molecular weight excluding hydrogens is 290 g/mol. The first-order valence-electron chi connectivity index (χ1n) is 8.74. The number of nitrogens with one attached hydrogen (secondary N) is 2. The van der Waals surface area contributed by atoms with E-state index in [1.54, 1.807) is 0 Å². The van der Waals surface area contributed by atoms with Crippen molar-refractivity contribution in [3.8, 4) is 0 Å². The van der Waals surface area contributed by atoms with Crippen molar-refractivity contribution >= 4 is 17.3 Å². The summed E-state index contributed by atoms with van der Waals surface area (Å²) in [4.78, 5) is 4.17. The Morgan fingerprint density at radius 2 is 1.77 bits per heavy atom. The van der Waals surface area contributed by atoms with Crippen LogP contribution in [0.3, 0.4) is 0 Å². The molecule has 0 radical (unpaired) electrons. The molecule has 1 saturated carbocycles. The van der Waals surface area contributed by atoms with Gasteiger partial charge >= 0.3 is 0 Å². The minimum atomic E-state index is 0.829. The minimum absolute atomic E-state index is 0.829. The predicted molar refractivity (Wildman–Crippen MR) is 95.0 cm³/mol. The molecule has 120 valence electrons. The normalized spacial score (nSPS) is 20.8. The summed E-state index contributed by atoms with van der Waals surface area (Å²) < 4.78 is 0. The molecule has 4 heteroatoms. The molecule has 3 rings (SSSR count). The van der Waals surface area contributed by atoms with E-state index in [1.165, 1.54) is 50.8 Å². The Hall–Kier alpha value is -1.13. The van der Waals surface area contributed by atoms with Gasteiger partial charge in [-0.25, -0.2) is 0 Å². The van der Waals surface area contributed by atoms with Crippen LogP contribution in [-0.4, -0.2) is 42.2 Å². The van der Waals surface area contributed by atoms with Gasteiger partial charge in [-0.05, 0) is 43.5 Å². The Balaban J connectivity index is 1.41. The lowest BCUT2D eigenvalue weighted by Gasteiger charge is -2.38. The van der Waals surface area contributed by atoms with Crippen molar-refractivity contribution in [1.29, 1.82) is 0 Å². The van der Waals surface area contributed by atoms with Crippen LogP contribution in [0.5, 0.6) is 0 Å². The van der Waals surface area contributed by atoms with Gasteiger partial charge in [-0.15, -0.1) is 0 Å². The van der Waals surface area contributed by atoms with Crippen molar-refractivity contribution < 1.29 is 4.90 Å². The highest BCUT2D eigenvalue weighted by molar-refractivity contribution is 7.80. The number of hydrogen-bond acceptors (Lipinski definition) is 1. The van der Waals surface area contributed by atoms with Crippen LogP contribution in [0.15, 0.2) is 30.3 Å². The van der Waals surface area contributed by atoms with Gasteiger partial charge in [0.1, 0.15) is 0 Å². The number of benzene rings is 1. The first kappa shape index (κ1) is 15.8. The average Bonchev–Trinajstić information content (AvgIpc) is 2.61. The number of thiocarbonyl (C=S) groups is 1. The summed E-state index contributed by atoms with van der Waals surface area (Å²) in [6.45, 7) is 5.53. The lowest BCUT2D eigenvalue weighted by molar-refractivity contribution is -0.930. The Labute approximate surface area is 139 Å². The van der Waals surface area contributed by atoms with E-state index >= 15 is 0 Å². The summed E-state index contributed by atoms with van der Waals surface area (Å²) >= 11 is 5.57. The summed E-state index contributed by atoms with van der Waals surface area (Å²) in [6.07, 6.45) is 7.20. The molecule has 0 amide bonds.